The van der Waals surface area contributed by atoms with Gasteiger partial charge in [-0.15, -0.1) is 0 Å². The SMILES string of the molecule is CCOc1ccc(NC(=O)CCc2ncc(-c3ccc(C(C)C)cc3)o2)cc1. The van der Waals surface area contributed by atoms with E-state index in [1.165, 1.54) is 5.56 Å². The second-order valence-electron chi connectivity index (χ2n) is 6.90. The summed E-state index contributed by atoms with van der Waals surface area (Å²) >= 11 is 0. The van der Waals surface area contributed by atoms with E-state index in [4.69, 9.17) is 9.15 Å². The molecular formula is C23H26N2O3. The minimum Gasteiger partial charge on any atom is -0.494 e. The first-order valence-electron chi connectivity index (χ1n) is 9.63. The number of aromatic nitrogens is 1. The van der Waals surface area contributed by atoms with Crippen LogP contribution in [0.15, 0.2) is 59.1 Å². The van der Waals surface area contributed by atoms with Crippen LogP contribution in [-0.2, 0) is 11.2 Å². The Balaban J connectivity index is 1.52. The number of nitrogens with zero attached hydrogens (tertiary/aromatic N) is 1. The van der Waals surface area contributed by atoms with Crippen molar-refractivity contribution in [1.82, 2.24) is 4.98 Å². The second-order valence-corrected chi connectivity index (χ2v) is 6.90. The van der Waals surface area contributed by atoms with E-state index in [0.29, 0.717) is 31.3 Å². The quantitative estimate of drug-likeness (QED) is 0.567. The van der Waals surface area contributed by atoms with Crippen LogP contribution in [0.1, 0.15) is 44.6 Å². The summed E-state index contributed by atoms with van der Waals surface area (Å²) in [5, 5.41) is 2.87. The number of hydrogen-bond donors (Lipinski definition) is 1. The summed E-state index contributed by atoms with van der Waals surface area (Å²) in [5.41, 5.74) is 3.02. The van der Waals surface area contributed by atoms with Crippen LogP contribution in [-0.4, -0.2) is 17.5 Å². The van der Waals surface area contributed by atoms with E-state index in [2.05, 4.69) is 36.3 Å². The number of aryl methyl sites for hydroxylation is 1. The molecule has 1 N–H and O–H groups in total. The first kappa shape index (κ1) is 19.7. The Hall–Kier alpha value is -3.08. The molecule has 1 aromatic heterocycles. The predicted octanol–water partition coefficient (Wildman–Crippen LogP) is 5.44. The molecule has 0 aliphatic heterocycles. The number of rotatable bonds is 8. The molecule has 0 unspecified atom stereocenters. The van der Waals surface area contributed by atoms with Crippen molar-refractivity contribution in [3.05, 3.63) is 66.2 Å². The maximum absolute atomic E-state index is 12.2. The zero-order valence-electron chi connectivity index (χ0n) is 16.6. The Kier molecular flexibility index (Phi) is 6.48. The molecule has 1 heterocycles. The highest BCUT2D eigenvalue weighted by atomic mass is 16.5. The van der Waals surface area contributed by atoms with Crippen LogP contribution in [0.3, 0.4) is 0 Å². The van der Waals surface area contributed by atoms with E-state index in [9.17, 15) is 4.79 Å². The highest BCUT2D eigenvalue weighted by Gasteiger charge is 2.10. The molecule has 0 radical (unpaired) electrons. The number of benzene rings is 2. The van der Waals surface area contributed by atoms with E-state index in [-0.39, 0.29) is 5.91 Å². The van der Waals surface area contributed by atoms with Gasteiger partial charge in [0.25, 0.3) is 0 Å². The molecule has 1 amide bonds. The lowest BCUT2D eigenvalue weighted by molar-refractivity contribution is -0.116. The molecule has 0 saturated heterocycles. The normalized spacial score (nSPS) is 10.9. The van der Waals surface area contributed by atoms with Crippen LogP contribution >= 0.6 is 0 Å². The average Bonchev–Trinajstić information content (AvgIpc) is 3.17. The minimum absolute atomic E-state index is 0.0785. The molecule has 0 spiro atoms. The van der Waals surface area contributed by atoms with Gasteiger partial charge in [0.15, 0.2) is 11.7 Å². The standard InChI is InChI=1S/C23H26N2O3/c1-4-27-20-11-9-19(10-12-20)25-22(26)13-14-23-24-15-21(28-23)18-7-5-17(6-8-18)16(2)3/h5-12,15-16H,4,13-14H2,1-3H3,(H,25,26). The topological polar surface area (TPSA) is 64.4 Å². The fourth-order valence-corrected chi connectivity index (χ4v) is 2.84. The van der Waals surface area contributed by atoms with Crippen molar-refractivity contribution in [2.24, 2.45) is 0 Å². The summed E-state index contributed by atoms with van der Waals surface area (Å²) in [7, 11) is 0. The van der Waals surface area contributed by atoms with Crippen molar-refractivity contribution in [2.45, 2.75) is 39.5 Å². The number of carbonyl (C=O) groups excluding carboxylic acids is 1. The fourth-order valence-electron chi connectivity index (χ4n) is 2.84. The molecule has 28 heavy (non-hydrogen) atoms. The minimum atomic E-state index is -0.0785. The van der Waals surface area contributed by atoms with Gasteiger partial charge in [-0.2, -0.15) is 0 Å². The lowest BCUT2D eigenvalue weighted by Crippen LogP contribution is -2.12. The zero-order valence-corrected chi connectivity index (χ0v) is 16.6. The van der Waals surface area contributed by atoms with E-state index in [1.807, 2.05) is 43.3 Å². The molecule has 0 atom stereocenters. The summed E-state index contributed by atoms with van der Waals surface area (Å²) in [6, 6.07) is 15.6. The van der Waals surface area contributed by atoms with Crippen molar-refractivity contribution >= 4 is 11.6 Å². The Morgan fingerprint density at radius 2 is 1.82 bits per heavy atom. The Bertz CT molecular complexity index is 896. The van der Waals surface area contributed by atoms with Gasteiger partial charge in [-0.25, -0.2) is 4.98 Å². The molecule has 5 nitrogen and oxygen atoms in total. The highest BCUT2D eigenvalue weighted by Crippen LogP contribution is 2.24. The van der Waals surface area contributed by atoms with Crippen LogP contribution in [0.25, 0.3) is 11.3 Å². The van der Waals surface area contributed by atoms with Gasteiger partial charge >= 0.3 is 0 Å². The van der Waals surface area contributed by atoms with Crippen molar-refractivity contribution in [3.63, 3.8) is 0 Å². The van der Waals surface area contributed by atoms with E-state index < -0.39 is 0 Å². The molecule has 0 bridgehead atoms. The van der Waals surface area contributed by atoms with Crippen LogP contribution < -0.4 is 10.1 Å². The molecule has 3 rings (SSSR count). The number of oxazole rings is 1. The second kappa shape index (κ2) is 9.22. The molecule has 0 fully saturated rings. The van der Waals surface area contributed by atoms with Gasteiger partial charge in [0, 0.05) is 24.1 Å². The maximum atomic E-state index is 12.2. The molecule has 0 saturated carbocycles. The van der Waals surface area contributed by atoms with E-state index in [0.717, 1.165) is 22.8 Å². The molecule has 5 heteroatoms. The third-order valence-corrected chi connectivity index (χ3v) is 4.43. The van der Waals surface area contributed by atoms with Crippen molar-refractivity contribution in [2.75, 3.05) is 11.9 Å². The van der Waals surface area contributed by atoms with Gasteiger partial charge in [0.05, 0.1) is 12.8 Å². The predicted molar refractivity (Wildman–Crippen MR) is 111 cm³/mol. The van der Waals surface area contributed by atoms with E-state index >= 15 is 0 Å². The largest absolute Gasteiger partial charge is 0.494 e. The summed E-state index contributed by atoms with van der Waals surface area (Å²) < 4.78 is 11.2. The molecular weight excluding hydrogens is 352 g/mol. The first-order valence-corrected chi connectivity index (χ1v) is 9.63. The average molecular weight is 378 g/mol. The third kappa shape index (κ3) is 5.22. The Morgan fingerprint density at radius 3 is 2.46 bits per heavy atom. The van der Waals surface area contributed by atoms with Gasteiger partial charge < -0.3 is 14.5 Å². The molecule has 146 valence electrons. The van der Waals surface area contributed by atoms with Crippen molar-refractivity contribution in [3.8, 4) is 17.1 Å². The zero-order chi connectivity index (χ0) is 19.9. The lowest BCUT2D eigenvalue weighted by Gasteiger charge is -2.06. The summed E-state index contributed by atoms with van der Waals surface area (Å²) in [6.07, 6.45) is 2.47. The van der Waals surface area contributed by atoms with E-state index in [1.54, 1.807) is 6.20 Å². The van der Waals surface area contributed by atoms with Crippen LogP contribution in [0.4, 0.5) is 5.69 Å². The number of ether oxygens (including phenoxy) is 1. The van der Waals surface area contributed by atoms with Crippen LogP contribution in [0, 0.1) is 0 Å². The van der Waals surface area contributed by atoms with Crippen LogP contribution in [0.5, 0.6) is 5.75 Å². The fraction of sp³-hybridized carbons (Fsp3) is 0.304. The maximum Gasteiger partial charge on any atom is 0.224 e. The lowest BCUT2D eigenvalue weighted by atomic mass is 10.0. The van der Waals surface area contributed by atoms with Gasteiger partial charge in [0.1, 0.15) is 5.75 Å². The number of nitrogens with one attached hydrogen (secondary N) is 1. The van der Waals surface area contributed by atoms with Crippen molar-refractivity contribution in [1.29, 1.82) is 0 Å². The van der Waals surface area contributed by atoms with Crippen LogP contribution in [0.2, 0.25) is 0 Å². The summed E-state index contributed by atoms with van der Waals surface area (Å²) in [6.45, 7) is 6.88. The third-order valence-electron chi connectivity index (χ3n) is 4.43. The molecule has 3 aromatic rings. The van der Waals surface area contributed by atoms with Crippen molar-refractivity contribution < 1.29 is 13.9 Å². The number of carbonyl (C=O) groups is 1. The monoisotopic (exact) mass is 378 g/mol. The summed E-state index contributed by atoms with van der Waals surface area (Å²) in [4.78, 5) is 16.5. The molecule has 2 aromatic carbocycles. The number of hydrogen-bond acceptors (Lipinski definition) is 4. The number of anilines is 1. The van der Waals surface area contributed by atoms with Gasteiger partial charge in [0.2, 0.25) is 5.91 Å². The van der Waals surface area contributed by atoms with Gasteiger partial charge in [-0.1, -0.05) is 38.1 Å². The summed E-state index contributed by atoms with van der Waals surface area (Å²) in [5.74, 6) is 2.48. The first-order chi connectivity index (χ1) is 13.5. The highest BCUT2D eigenvalue weighted by molar-refractivity contribution is 5.90. The molecule has 0 aliphatic rings. The molecule has 0 aliphatic carbocycles. The van der Waals surface area contributed by atoms with Gasteiger partial charge in [-0.3, -0.25) is 4.79 Å². The Labute approximate surface area is 165 Å². The Morgan fingerprint density at radius 1 is 1.11 bits per heavy atom. The van der Waals surface area contributed by atoms with Gasteiger partial charge in [-0.05, 0) is 42.7 Å². The number of amides is 1. The smallest absolute Gasteiger partial charge is 0.224 e.